The topological polar surface area (TPSA) is 564 Å². The minimum atomic E-state index is -5.08. The quantitative estimate of drug-likeness (QED) is 0.0766. The van der Waals surface area contributed by atoms with E-state index in [0.29, 0.717) is 58.5 Å². The van der Waals surface area contributed by atoms with Crippen LogP contribution in [0.5, 0.6) is 0 Å². The maximum atomic E-state index is 12.1. The molecule has 12 unspecified atom stereocenters. The van der Waals surface area contributed by atoms with Crippen molar-refractivity contribution in [2.75, 3.05) is 116 Å². The van der Waals surface area contributed by atoms with Crippen LogP contribution in [0.1, 0.15) is 163 Å². The number of aliphatic carboxylic acids is 2. The molecule has 6 amide bonds. The van der Waals surface area contributed by atoms with Crippen LogP contribution in [0.4, 0.5) is 41.9 Å². The fourth-order valence-electron chi connectivity index (χ4n) is 11.9. The number of likely N-dealkylation sites (tertiary alicyclic amines) is 6. The van der Waals surface area contributed by atoms with Gasteiger partial charge in [-0.2, -0.15) is 13.2 Å². The number of aliphatic hydroxyl groups excluding tert-OH is 1. The molecule has 6 saturated heterocycles. The molecular weight excluding hydrogens is 1800 g/mol. The van der Waals surface area contributed by atoms with E-state index in [0.717, 1.165) is 4.90 Å². The number of nitrogens with zero attached hydrogens (tertiary/aromatic N) is 7. The molecule has 12 atom stereocenters. The molecule has 6 rings (SSSR count). The van der Waals surface area contributed by atoms with Crippen LogP contribution in [0.2, 0.25) is 0 Å². The van der Waals surface area contributed by atoms with E-state index >= 15 is 0 Å². The van der Waals surface area contributed by atoms with Crippen LogP contribution in [-0.4, -0.2) is 337 Å². The van der Waals surface area contributed by atoms with Crippen molar-refractivity contribution in [3.8, 4) is 0 Å². The van der Waals surface area contributed by atoms with Gasteiger partial charge in [-0.05, 0) is 157 Å². The average Bonchev–Trinajstić information content (AvgIpc) is 1.46. The number of ether oxygens (including phenoxy) is 14. The van der Waals surface area contributed by atoms with Crippen LogP contribution in [0.3, 0.4) is 0 Å². The van der Waals surface area contributed by atoms with Gasteiger partial charge in [0.1, 0.15) is 76.4 Å². The van der Waals surface area contributed by atoms with Gasteiger partial charge in [0.2, 0.25) is 6.04 Å². The zero-order chi connectivity index (χ0) is 94.8. The predicted molar refractivity (Wildman–Crippen MR) is 413 cm³/mol. The van der Waals surface area contributed by atoms with Crippen LogP contribution >= 0.6 is 0 Å². The predicted octanol–water partition coefficient (Wildman–Crippen LogP) is 1.18. The molecule has 0 spiro atoms. The third-order valence-electron chi connectivity index (χ3n) is 16.8. The molecule has 5 N–H and O–H groups in total. The number of carbonyl (C=O) groups excluding carboxylic acids is 12. The third kappa shape index (κ3) is 48.0. The molecular formula is C75H125AgF3LiN7NaO36S-. The Bertz CT molecular complexity index is 3580. The number of carboxylic acids is 2. The number of esters is 6. The van der Waals surface area contributed by atoms with Crippen LogP contribution in [0.15, 0.2) is 0 Å². The van der Waals surface area contributed by atoms with Gasteiger partial charge in [-0.3, -0.25) is 39.0 Å². The second-order valence-corrected chi connectivity index (χ2v) is 34.6. The van der Waals surface area contributed by atoms with E-state index in [2.05, 4.69) is 28.5 Å². The average molecular weight is 1930 g/mol. The molecule has 0 aromatic heterocycles. The van der Waals surface area contributed by atoms with Gasteiger partial charge >= 0.3 is 163 Å². The van der Waals surface area contributed by atoms with E-state index in [-0.39, 0.29) is 122 Å². The zero-order valence-corrected chi connectivity index (χ0v) is 80.7. The molecule has 0 aliphatic carbocycles. The number of hydrogen-bond acceptors (Lipinski definition) is 35. The fourth-order valence-corrected chi connectivity index (χ4v) is 11.9. The van der Waals surface area contributed by atoms with Gasteiger partial charge in [-0.25, -0.2) is 64.1 Å². The van der Waals surface area contributed by atoms with E-state index in [1.807, 2.05) is 0 Å². The molecule has 0 saturated carbocycles. The molecule has 0 bridgehead atoms. The van der Waals surface area contributed by atoms with E-state index in [9.17, 15) is 80.3 Å². The number of carbonyl (C=O) groups is 14. The Kier molecular flexibility index (Phi) is 59.7. The summed E-state index contributed by atoms with van der Waals surface area (Å²) in [5.41, 5.74) is -8.93. The molecule has 0 radical (unpaired) electrons. The van der Waals surface area contributed by atoms with Crippen molar-refractivity contribution in [2.45, 2.75) is 245 Å². The minimum absolute atomic E-state index is 0. The normalized spacial score (nSPS) is 21.7. The number of aliphatic hydroxyl groups is 1. The first-order chi connectivity index (χ1) is 55.4. The van der Waals surface area contributed by atoms with Gasteiger partial charge < -0.3 is 106 Å². The fraction of sp³-hybridized carbons (Fsp3) is 0.800. The first-order valence-corrected chi connectivity index (χ1v) is 39.2. The van der Waals surface area contributed by atoms with Crippen molar-refractivity contribution in [1.82, 2.24) is 29.4 Å². The summed E-state index contributed by atoms with van der Waals surface area (Å²) in [7, 11) is 6.80. The second kappa shape index (κ2) is 58.2. The van der Waals surface area contributed by atoms with Gasteiger partial charge in [0, 0.05) is 82.0 Å². The Labute approximate surface area is 775 Å². The third-order valence-corrected chi connectivity index (χ3v) is 17.2. The molecule has 6 heterocycles. The number of carboxylic acid groups (broad SMARTS) is 2. The Morgan fingerprint density at radius 2 is 0.584 bits per heavy atom. The molecule has 0 aromatic carbocycles. The van der Waals surface area contributed by atoms with E-state index < -0.39 is 182 Å². The van der Waals surface area contributed by atoms with Crippen molar-refractivity contribution in [3.63, 3.8) is 0 Å². The Balaban J connectivity index is -0.000000331. The molecule has 6 aliphatic heterocycles. The van der Waals surface area contributed by atoms with Gasteiger partial charge in [0.15, 0.2) is 0 Å². The van der Waals surface area contributed by atoms with Crippen LogP contribution in [-0.2, 0) is 148 Å². The Hall–Kier alpha value is -7.45. The van der Waals surface area contributed by atoms with Crippen molar-refractivity contribution < 1.29 is 254 Å². The molecule has 43 nitrogen and oxygen atoms in total. The maximum absolute atomic E-state index is 12.1. The van der Waals surface area contributed by atoms with Gasteiger partial charge in [0.05, 0.1) is 74.1 Å². The van der Waals surface area contributed by atoms with Crippen LogP contribution in [0.25, 0.3) is 4.85 Å². The number of amides is 6. The van der Waals surface area contributed by atoms with E-state index in [1.165, 1.54) is 67.2 Å². The summed E-state index contributed by atoms with van der Waals surface area (Å²) in [6, 6.07) is -4.88. The molecule has 50 heteroatoms. The van der Waals surface area contributed by atoms with Crippen molar-refractivity contribution in [1.29, 1.82) is 0 Å². The monoisotopic (exact) mass is 1930 g/mol. The van der Waals surface area contributed by atoms with Crippen molar-refractivity contribution >= 4 is 95.0 Å². The SMILES string of the molecule is COC(=O)C1CC(C(=O)O)CN1C(=O)OC(C)(C)C.COC(=O)C1CC(C(=O)OC)N(C(=O)OC(C)(C)C)C1.COC(=O)C1CC(CO)CN1C(=O)OC(C)(C)C.COCC1CC(C(=O)O)N(C(=O)OC(C)(C)C)C1.COCC1CC(C(=O)OC)N(C(=O)OC(C)(C)C)C1.O=[S-](=O)C(F)(F)F.[C-]#[N+]C1CC(C(=O)OC)N(C(=O)OC(C)(C)C)C1.[Li+].[Na+].[OH-].[OH-].[O]=[Ag]. The molecule has 125 heavy (non-hydrogen) atoms. The first-order valence-electron chi connectivity index (χ1n) is 37.5. The summed E-state index contributed by atoms with van der Waals surface area (Å²) in [6.07, 6.45) is -1.65. The summed E-state index contributed by atoms with van der Waals surface area (Å²) >= 11 is 1.70. The number of rotatable bonds is 13. The van der Waals surface area contributed by atoms with Crippen molar-refractivity contribution in [2.24, 2.45) is 29.6 Å². The summed E-state index contributed by atoms with van der Waals surface area (Å²) in [5.74, 6) is -6.35. The second-order valence-electron chi connectivity index (χ2n) is 33.7. The summed E-state index contributed by atoms with van der Waals surface area (Å²) < 4.78 is 127. The summed E-state index contributed by atoms with van der Waals surface area (Å²) in [6.45, 7) is 40.7. The molecule has 6 aliphatic rings. The zero-order valence-electron chi connectivity index (χ0n) is 76.4. The standard InChI is InChI=1S/C13H21NO6.C13H23NO5.C12H18N2O4.C12H19NO6.2C12H21NO5.CF3O2S.Ag.Li.Na.2H2O.O/c1-13(2,3)20-12(17)14-7-8(10(15)18-4)6-9(14)11(16)19-5;1-13(2,3)19-12(16)14-7-9(8-17-4)6-10(14)11(15)18-5;1-12(2,3)18-11(16)14-7-8(13-4)6-9(14)10(15)17-5;1-12(2,3)19-11(17)13-6-7(9(14)15)5-8(13)10(16)18-4;1-12(2,3)18-11(16)13-6-8(7-17-4)5-9(13)10(14)15;1-12(2,3)18-11(16)13-6-8(7-14)5-9(13)10(15)17-4;2-1(3,4)7(5)6;;;;;;/h8-9H,6-7H2,1-5H3;9-10H,6-8H2,1-5H3;8-9H,6-7H2,1-3,5H3;7-8H,5-6H2,1-4H3,(H,14,15);8-9H,5-7H2,1-4H3,(H,14,15);8-9,14H,5-7H2,1-4H3;;;;;2*1H2;/q;;;;;;-1;;2*+1;;;/p-2. The number of halogens is 3. The van der Waals surface area contributed by atoms with Gasteiger partial charge in [-0.15, -0.1) is 0 Å². The van der Waals surface area contributed by atoms with Crippen LogP contribution in [0, 0.1) is 36.2 Å². The molecule has 6 fully saturated rings. The number of alkyl halides is 3. The Morgan fingerprint density at radius 1 is 0.368 bits per heavy atom. The van der Waals surface area contributed by atoms with Crippen LogP contribution < -0.4 is 48.4 Å². The summed E-state index contributed by atoms with van der Waals surface area (Å²) in [5, 5.41) is 27.3. The van der Waals surface area contributed by atoms with E-state index in [1.54, 1.807) is 160 Å². The van der Waals surface area contributed by atoms with Gasteiger partial charge in [-0.1, -0.05) is 0 Å². The first kappa shape index (κ1) is 128. The number of hydrogen-bond donors (Lipinski definition) is 3. The Morgan fingerprint density at radius 3 is 0.816 bits per heavy atom. The molecule has 0 aromatic rings. The summed E-state index contributed by atoms with van der Waals surface area (Å²) in [4.78, 5) is 175. The number of methoxy groups -OCH3 is 8. The van der Waals surface area contributed by atoms with Crippen molar-refractivity contribution in [3.05, 3.63) is 11.4 Å². The molecule has 717 valence electrons. The van der Waals surface area contributed by atoms with Gasteiger partial charge in [0.25, 0.3) is 0 Å². The van der Waals surface area contributed by atoms with E-state index in [4.69, 9.17) is 76.2 Å².